The van der Waals surface area contributed by atoms with E-state index in [-0.39, 0.29) is 5.63 Å². The second-order valence-electron chi connectivity index (χ2n) is 5.01. The quantitative estimate of drug-likeness (QED) is 0.689. The zero-order chi connectivity index (χ0) is 15.5. The van der Waals surface area contributed by atoms with Gasteiger partial charge in [-0.2, -0.15) is 0 Å². The number of hydrogen-bond donors (Lipinski definition) is 0. The molecule has 1 heterocycles. The number of benzene rings is 2. The van der Waals surface area contributed by atoms with Crippen LogP contribution in [0.15, 0.2) is 57.7 Å². The van der Waals surface area contributed by atoms with Crippen molar-refractivity contribution in [3.63, 3.8) is 0 Å². The predicted molar refractivity (Wildman–Crippen MR) is 84.5 cm³/mol. The zero-order valence-electron chi connectivity index (χ0n) is 12.5. The minimum Gasteiger partial charge on any atom is -0.496 e. The number of hydrogen-bond acceptors (Lipinski definition) is 4. The Balaban J connectivity index is 1.87. The van der Waals surface area contributed by atoms with Gasteiger partial charge in [-0.05, 0) is 30.7 Å². The van der Waals surface area contributed by atoms with E-state index in [1.165, 1.54) is 6.07 Å². The molecule has 0 aliphatic carbocycles. The third-order valence-corrected chi connectivity index (χ3v) is 3.51. The van der Waals surface area contributed by atoms with Crippen LogP contribution in [-0.2, 0) is 6.61 Å². The topological polar surface area (TPSA) is 48.7 Å². The van der Waals surface area contributed by atoms with Gasteiger partial charge in [0.15, 0.2) is 0 Å². The maximum absolute atomic E-state index is 11.5. The molecule has 0 atom stereocenters. The number of para-hydroxylation sites is 1. The fraction of sp³-hybridized carbons (Fsp3) is 0.167. The fourth-order valence-electron chi connectivity index (χ4n) is 2.38. The van der Waals surface area contributed by atoms with E-state index in [1.54, 1.807) is 13.2 Å². The van der Waals surface area contributed by atoms with Crippen molar-refractivity contribution in [2.24, 2.45) is 0 Å². The Morgan fingerprint density at radius 3 is 2.73 bits per heavy atom. The Kier molecular flexibility index (Phi) is 3.83. The second-order valence-corrected chi connectivity index (χ2v) is 5.01. The van der Waals surface area contributed by atoms with Crippen LogP contribution in [0.5, 0.6) is 11.5 Å². The van der Waals surface area contributed by atoms with E-state index in [0.717, 1.165) is 22.3 Å². The number of ether oxygens (including phenoxy) is 2. The summed E-state index contributed by atoms with van der Waals surface area (Å²) >= 11 is 0. The molecule has 3 rings (SSSR count). The lowest BCUT2D eigenvalue weighted by molar-refractivity contribution is 0.296. The lowest BCUT2D eigenvalue weighted by Gasteiger charge is -2.10. The van der Waals surface area contributed by atoms with Crippen molar-refractivity contribution in [1.29, 1.82) is 0 Å². The van der Waals surface area contributed by atoms with E-state index in [9.17, 15) is 4.79 Å². The van der Waals surface area contributed by atoms with Crippen LogP contribution in [0.25, 0.3) is 11.0 Å². The highest BCUT2D eigenvalue weighted by Gasteiger charge is 2.06. The predicted octanol–water partition coefficient (Wildman–Crippen LogP) is 3.69. The monoisotopic (exact) mass is 296 g/mol. The van der Waals surface area contributed by atoms with Crippen LogP contribution < -0.4 is 15.1 Å². The van der Waals surface area contributed by atoms with Crippen LogP contribution in [0.4, 0.5) is 0 Å². The molecule has 3 aromatic rings. The van der Waals surface area contributed by atoms with Gasteiger partial charge in [0.2, 0.25) is 0 Å². The summed E-state index contributed by atoms with van der Waals surface area (Å²) in [7, 11) is 1.63. The van der Waals surface area contributed by atoms with E-state index in [2.05, 4.69) is 0 Å². The molecular weight excluding hydrogens is 280 g/mol. The van der Waals surface area contributed by atoms with Gasteiger partial charge in [0, 0.05) is 23.1 Å². The summed E-state index contributed by atoms with van der Waals surface area (Å²) in [4.78, 5) is 11.5. The van der Waals surface area contributed by atoms with Gasteiger partial charge in [-0.1, -0.05) is 18.2 Å². The average Bonchev–Trinajstić information content (AvgIpc) is 2.52. The van der Waals surface area contributed by atoms with Crippen LogP contribution in [0.2, 0.25) is 0 Å². The van der Waals surface area contributed by atoms with Gasteiger partial charge < -0.3 is 13.9 Å². The van der Waals surface area contributed by atoms with Gasteiger partial charge in [0.05, 0.1) is 7.11 Å². The van der Waals surface area contributed by atoms with Crippen LogP contribution in [0, 0.1) is 6.92 Å². The highest BCUT2D eigenvalue weighted by atomic mass is 16.5. The summed E-state index contributed by atoms with van der Waals surface area (Å²) in [6.45, 7) is 2.26. The smallest absolute Gasteiger partial charge is 0.336 e. The Labute approximate surface area is 127 Å². The van der Waals surface area contributed by atoms with Crippen LogP contribution >= 0.6 is 0 Å². The minimum absolute atomic E-state index is 0.355. The third kappa shape index (κ3) is 2.81. The highest BCUT2D eigenvalue weighted by molar-refractivity contribution is 5.81. The first-order valence-electron chi connectivity index (χ1n) is 6.96. The number of methoxy groups -OCH3 is 1. The van der Waals surface area contributed by atoms with Crippen LogP contribution in [0.1, 0.15) is 11.1 Å². The SMILES string of the molecule is COc1ccccc1COc1ccc2c(C)cc(=O)oc2c1. The Morgan fingerprint density at radius 1 is 1.09 bits per heavy atom. The van der Waals surface area contributed by atoms with Crippen LogP contribution in [-0.4, -0.2) is 7.11 Å². The number of aryl methyl sites for hydroxylation is 1. The fourth-order valence-corrected chi connectivity index (χ4v) is 2.38. The van der Waals surface area contributed by atoms with Gasteiger partial charge in [-0.15, -0.1) is 0 Å². The van der Waals surface area contributed by atoms with E-state index in [0.29, 0.717) is 17.9 Å². The molecule has 22 heavy (non-hydrogen) atoms. The first-order valence-corrected chi connectivity index (χ1v) is 6.96. The van der Waals surface area contributed by atoms with Gasteiger partial charge >= 0.3 is 5.63 Å². The van der Waals surface area contributed by atoms with Gasteiger partial charge in [0.1, 0.15) is 23.7 Å². The molecule has 0 aliphatic rings. The Bertz CT molecular complexity index is 864. The Hall–Kier alpha value is -2.75. The van der Waals surface area contributed by atoms with Gasteiger partial charge in [-0.25, -0.2) is 4.79 Å². The molecule has 4 heteroatoms. The number of fused-ring (bicyclic) bond motifs is 1. The summed E-state index contributed by atoms with van der Waals surface area (Å²) in [5.74, 6) is 1.43. The molecular formula is C18H16O4. The first kappa shape index (κ1) is 14.2. The molecule has 4 nitrogen and oxygen atoms in total. The molecule has 1 aromatic heterocycles. The van der Waals surface area contributed by atoms with E-state index < -0.39 is 0 Å². The van der Waals surface area contributed by atoms with E-state index >= 15 is 0 Å². The standard InChI is InChI=1S/C18H16O4/c1-12-9-18(19)22-17-10-14(7-8-15(12)17)21-11-13-5-3-4-6-16(13)20-2/h3-10H,11H2,1-2H3. The summed E-state index contributed by atoms with van der Waals surface area (Å²) in [6.07, 6.45) is 0. The van der Waals surface area contributed by atoms with Crippen molar-refractivity contribution in [1.82, 2.24) is 0 Å². The van der Waals surface area contributed by atoms with Crippen molar-refractivity contribution in [3.05, 3.63) is 70.1 Å². The summed E-state index contributed by atoms with van der Waals surface area (Å²) in [5, 5.41) is 0.907. The molecule has 0 bridgehead atoms. The van der Waals surface area contributed by atoms with Crippen molar-refractivity contribution in [3.8, 4) is 11.5 Å². The van der Waals surface area contributed by atoms with Crippen molar-refractivity contribution in [2.45, 2.75) is 13.5 Å². The molecule has 0 saturated carbocycles. The second kappa shape index (κ2) is 5.93. The maximum Gasteiger partial charge on any atom is 0.336 e. The van der Waals surface area contributed by atoms with Crippen molar-refractivity contribution in [2.75, 3.05) is 7.11 Å². The average molecular weight is 296 g/mol. The lowest BCUT2D eigenvalue weighted by Crippen LogP contribution is -2.00. The molecule has 0 spiro atoms. The van der Waals surface area contributed by atoms with E-state index in [1.807, 2.05) is 43.3 Å². The molecule has 0 fully saturated rings. The molecule has 2 aromatic carbocycles. The maximum atomic E-state index is 11.5. The van der Waals surface area contributed by atoms with Crippen molar-refractivity contribution < 1.29 is 13.9 Å². The summed E-state index contributed by atoms with van der Waals surface area (Å²) in [5.41, 5.74) is 2.02. The molecule has 0 N–H and O–H groups in total. The molecule has 112 valence electrons. The molecule has 0 saturated heterocycles. The van der Waals surface area contributed by atoms with Crippen LogP contribution in [0.3, 0.4) is 0 Å². The molecule has 0 radical (unpaired) electrons. The normalized spacial score (nSPS) is 10.6. The first-order chi connectivity index (χ1) is 10.7. The lowest BCUT2D eigenvalue weighted by atomic mass is 10.1. The number of rotatable bonds is 4. The highest BCUT2D eigenvalue weighted by Crippen LogP contribution is 2.24. The summed E-state index contributed by atoms with van der Waals surface area (Å²) in [6, 6.07) is 14.7. The largest absolute Gasteiger partial charge is 0.496 e. The van der Waals surface area contributed by atoms with Crippen molar-refractivity contribution >= 4 is 11.0 Å². The summed E-state index contributed by atoms with van der Waals surface area (Å²) < 4.78 is 16.3. The van der Waals surface area contributed by atoms with Gasteiger partial charge in [0.25, 0.3) is 0 Å². The molecule has 0 aliphatic heterocycles. The third-order valence-electron chi connectivity index (χ3n) is 3.51. The van der Waals surface area contributed by atoms with Gasteiger partial charge in [-0.3, -0.25) is 0 Å². The molecule has 0 amide bonds. The molecule has 0 unspecified atom stereocenters. The Morgan fingerprint density at radius 2 is 1.91 bits per heavy atom. The zero-order valence-corrected chi connectivity index (χ0v) is 12.5. The van der Waals surface area contributed by atoms with E-state index in [4.69, 9.17) is 13.9 Å². The minimum atomic E-state index is -0.355.